The van der Waals surface area contributed by atoms with Gasteiger partial charge in [-0.05, 0) is 23.8 Å². The molecule has 21 heavy (non-hydrogen) atoms. The summed E-state index contributed by atoms with van der Waals surface area (Å²) in [5, 5.41) is 0. The molecule has 0 radical (unpaired) electrons. The molecule has 110 valence electrons. The fourth-order valence-corrected chi connectivity index (χ4v) is 1.92. The molecular formula is C15H13F3N2O. The second kappa shape index (κ2) is 5.87. The molecule has 0 unspecified atom stereocenters. The highest BCUT2D eigenvalue weighted by Crippen LogP contribution is 2.19. The third-order valence-corrected chi connectivity index (χ3v) is 2.97. The zero-order valence-electron chi connectivity index (χ0n) is 11.2. The van der Waals surface area contributed by atoms with Gasteiger partial charge >= 0.3 is 0 Å². The van der Waals surface area contributed by atoms with Crippen LogP contribution in [0.3, 0.4) is 0 Å². The van der Waals surface area contributed by atoms with Crippen LogP contribution in [0.1, 0.15) is 15.9 Å². The highest BCUT2D eigenvalue weighted by molar-refractivity contribution is 5.95. The second-order valence-electron chi connectivity index (χ2n) is 4.64. The number of carbonyl (C=O) groups is 1. The first-order valence-electron chi connectivity index (χ1n) is 6.13. The first-order chi connectivity index (χ1) is 9.88. The molecular weight excluding hydrogens is 281 g/mol. The predicted molar refractivity (Wildman–Crippen MR) is 73.0 cm³/mol. The Morgan fingerprint density at radius 2 is 1.86 bits per heavy atom. The van der Waals surface area contributed by atoms with E-state index in [9.17, 15) is 18.0 Å². The Labute approximate surface area is 119 Å². The van der Waals surface area contributed by atoms with Crippen LogP contribution in [0.4, 0.5) is 18.9 Å². The molecule has 0 aliphatic carbocycles. The summed E-state index contributed by atoms with van der Waals surface area (Å²) in [6.07, 6.45) is 0. The van der Waals surface area contributed by atoms with Crippen molar-refractivity contribution in [3.05, 3.63) is 65.0 Å². The minimum atomic E-state index is -0.988. The van der Waals surface area contributed by atoms with Crippen LogP contribution in [0.25, 0.3) is 0 Å². The quantitative estimate of drug-likeness (QED) is 0.885. The molecule has 0 aliphatic heterocycles. The van der Waals surface area contributed by atoms with Gasteiger partial charge in [0.1, 0.15) is 17.5 Å². The zero-order valence-corrected chi connectivity index (χ0v) is 11.2. The number of rotatable bonds is 3. The standard InChI is InChI=1S/C15H13F3N2O/c1-20(8-9-3-2-4-10(16)5-9)15(21)11-6-14(19)13(18)7-12(11)17/h2-7H,8,19H2,1H3. The molecule has 0 aliphatic rings. The minimum absolute atomic E-state index is 0.0906. The van der Waals surface area contributed by atoms with Gasteiger partial charge in [-0.2, -0.15) is 0 Å². The number of nitrogen functional groups attached to an aromatic ring is 1. The maximum absolute atomic E-state index is 13.6. The van der Waals surface area contributed by atoms with Gasteiger partial charge in [0.25, 0.3) is 5.91 Å². The van der Waals surface area contributed by atoms with Crippen molar-refractivity contribution in [3.8, 4) is 0 Å². The Bertz CT molecular complexity index is 689. The Hall–Kier alpha value is -2.50. The summed E-state index contributed by atoms with van der Waals surface area (Å²) in [5.41, 5.74) is 5.26. The van der Waals surface area contributed by atoms with Crippen molar-refractivity contribution in [2.24, 2.45) is 0 Å². The van der Waals surface area contributed by atoms with Crippen LogP contribution < -0.4 is 5.73 Å². The molecule has 2 aromatic carbocycles. The number of amides is 1. The highest BCUT2D eigenvalue weighted by Gasteiger charge is 2.18. The maximum Gasteiger partial charge on any atom is 0.256 e. The van der Waals surface area contributed by atoms with E-state index < -0.39 is 23.4 Å². The van der Waals surface area contributed by atoms with Crippen molar-refractivity contribution in [1.29, 1.82) is 0 Å². The fourth-order valence-electron chi connectivity index (χ4n) is 1.92. The van der Waals surface area contributed by atoms with Crippen LogP contribution >= 0.6 is 0 Å². The highest BCUT2D eigenvalue weighted by atomic mass is 19.1. The molecule has 1 amide bonds. The Balaban J connectivity index is 2.22. The number of hydrogen-bond acceptors (Lipinski definition) is 2. The summed E-state index contributed by atoms with van der Waals surface area (Å²) in [5.74, 6) is -3.00. The van der Waals surface area contributed by atoms with Crippen LogP contribution in [-0.4, -0.2) is 17.9 Å². The van der Waals surface area contributed by atoms with Crippen molar-refractivity contribution >= 4 is 11.6 Å². The van der Waals surface area contributed by atoms with Crippen LogP contribution in [0.15, 0.2) is 36.4 Å². The van der Waals surface area contributed by atoms with Crippen LogP contribution in [-0.2, 0) is 6.54 Å². The number of benzene rings is 2. The van der Waals surface area contributed by atoms with E-state index in [1.54, 1.807) is 6.07 Å². The molecule has 2 aromatic rings. The molecule has 0 bridgehead atoms. The minimum Gasteiger partial charge on any atom is -0.396 e. The number of nitrogens with zero attached hydrogens (tertiary/aromatic N) is 1. The summed E-state index contributed by atoms with van der Waals surface area (Å²) in [6.45, 7) is 0.0906. The van der Waals surface area contributed by atoms with Crippen LogP contribution in [0.2, 0.25) is 0 Å². The van der Waals surface area contributed by atoms with E-state index in [4.69, 9.17) is 5.73 Å². The molecule has 3 nitrogen and oxygen atoms in total. The lowest BCUT2D eigenvalue weighted by Crippen LogP contribution is -2.27. The van der Waals surface area contributed by atoms with Gasteiger partial charge in [-0.1, -0.05) is 12.1 Å². The van der Waals surface area contributed by atoms with E-state index in [-0.39, 0.29) is 17.8 Å². The van der Waals surface area contributed by atoms with Crippen LogP contribution in [0.5, 0.6) is 0 Å². The topological polar surface area (TPSA) is 46.3 Å². The zero-order chi connectivity index (χ0) is 15.6. The molecule has 0 fully saturated rings. The Morgan fingerprint density at radius 1 is 1.14 bits per heavy atom. The SMILES string of the molecule is CN(Cc1cccc(F)c1)C(=O)c1cc(N)c(F)cc1F. The van der Waals surface area contributed by atoms with E-state index in [0.29, 0.717) is 11.6 Å². The van der Waals surface area contributed by atoms with E-state index in [2.05, 4.69) is 0 Å². The van der Waals surface area contributed by atoms with Crippen molar-refractivity contribution in [1.82, 2.24) is 4.90 Å². The van der Waals surface area contributed by atoms with Gasteiger partial charge in [0.2, 0.25) is 0 Å². The lowest BCUT2D eigenvalue weighted by atomic mass is 10.1. The lowest BCUT2D eigenvalue weighted by Gasteiger charge is -2.18. The number of halogens is 3. The van der Waals surface area contributed by atoms with Gasteiger partial charge in [0, 0.05) is 19.7 Å². The smallest absolute Gasteiger partial charge is 0.256 e. The van der Waals surface area contributed by atoms with Crippen LogP contribution in [0, 0.1) is 17.5 Å². The molecule has 0 atom stereocenters. The Morgan fingerprint density at radius 3 is 2.52 bits per heavy atom. The molecule has 2 rings (SSSR count). The number of nitrogens with two attached hydrogens (primary N) is 1. The van der Waals surface area contributed by atoms with Gasteiger partial charge < -0.3 is 10.6 Å². The average Bonchev–Trinajstić information content (AvgIpc) is 2.42. The molecule has 0 spiro atoms. The largest absolute Gasteiger partial charge is 0.396 e. The molecule has 2 N–H and O–H groups in total. The molecule has 0 saturated carbocycles. The first kappa shape index (κ1) is 14.9. The third-order valence-electron chi connectivity index (χ3n) is 2.97. The van der Waals surface area contributed by atoms with Gasteiger partial charge in [0.05, 0.1) is 11.3 Å². The summed E-state index contributed by atoms with van der Waals surface area (Å²) >= 11 is 0. The molecule has 0 heterocycles. The summed E-state index contributed by atoms with van der Waals surface area (Å²) in [7, 11) is 1.44. The normalized spacial score (nSPS) is 10.5. The third kappa shape index (κ3) is 3.34. The second-order valence-corrected chi connectivity index (χ2v) is 4.64. The number of anilines is 1. The van der Waals surface area contributed by atoms with Gasteiger partial charge in [0.15, 0.2) is 0 Å². The van der Waals surface area contributed by atoms with Gasteiger partial charge in [-0.3, -0.25) is 4.79 Å². The predicted octanol–water partition coefficient (Wildman–Crippen LogP) is 2.96. The Kier molecular flexibility index (Phi) is 4.16. The number of carbonyl (C=O) groups excluding carboxylic acids is 1. The fraction of sp³-hybridized carbons (Fsp3) is 0.133. The monoisotopic (exact) mass is 294 g/mol. The van der Waals surface area contributed by atoms with E-state index in [0.717, 1.165) is 6.07 Å². The summed E-state index contributed by atoms with van der Waals surface area (Å²) < 4.78 is 39.8. The maximum atomic E-state index is 13.6. The van der Waals surface area contributed by atoms with Gasteiger partial charge in [-0.15, -0.1) is 0 Å². The summed E-state index contributed by atoms with van der Waals surface area (Å²) in [6, 6.07) is 7.24. The number of hydrogen-bond donors (Lipinski definition) is 1. The molecule has 0 saturated heterocycles. The van der Waals surface area contributed by atoms with Crippen molar-refractivity contribution in [3.63, 3.8) is 0 Å². The van der Waals surface area contributed by atoms with Crippen molar-refractivity contribution in [2.75, 3.05) is 12.8 Å². The lowest BCUT2D eigenvalue weighted by molar-refractivity contribution is 0.0780. The van der Waals surface area contributed by atoms with Crippen molar-refractivity contribution < 1.29 is 18.0 Å². The molecule has 6 heteroatoms. The van der Waals surface area contributed by atoms with E-state index >= 15 is 0 Å². The summed E-state index contributed by atoms with van der Waals surface area (Å²) in [4.78, 5) is 13.3. The van der Waals surface area contributed by atoms with Crippen molar-refractivity contribution in [2.45, 2.75) is 6.54 Å². The van der Waals surface area contributed by atoms with Gasteiger partial charge in [-0.25, -0.2) is 13.2 Å². The first-order valence-corrected chi connectivity index (χ1v) is 6.13. The average molecular weight is 294 g/mol. The molecule has 0 aromatic heterocycles. The van der Waals surface area contributed by atoms with E-state index in [1.807, 2.05) is 0 Å². The van der Waals surface area contributed by atoms with E-state index in [1.165, 1.54) is 30.1 Å².